The Morgan fingerprint density at radius 3 is 2.41 bits per heavy atom. The van der Waals surface area contributed by atoms with E-state index in [0.717, 1.165) is 24.5 Å². The molecule has 3 aromatic rings. The summed E-state index contributed by atoms with van der Waals surface area (Å²) >= 11 is 0. The van der Waals surface area contributed by atoms with Crippen molar-refractivity contribution in [1.82, 2.24) is 5.32 Å². The first-order valence-corrected chi connectivity index (χ1v) is 11.7. The number of fused-ring (bicyclic) bond motifs is 4. The standard InChI is InChI=1S/C26H27F3N2O3/c1-14-23(25(33)31-18-8-6-17(7-9-18)26(27,28)29)24-19(21(32)10-11-22(24)34-14)13-30-20-12-15-2-4-16(20)5-3-15/h6-11,15-16,20,30,32H,2-5,12-13H2,1H3,(H,31,33). The third kappa shape index (κ3) is 4.27. The summed E-state index contributed by atoms with van der Waals surface area (Å²) in [7, 11) is 0. The van der Waals surface area contributed by atoms with Crippen molar-refractivity contribution >= 4 is 22.6 Å². The van der Waals surface area contributed by atoms with Crippen LogP contribution in [0.25, 0.3) is 11.0 Å². The van der Waals surface area contributed by atoms with E-state index in [2.05, 4.69) is 10.6 Å². The number of phenols is 1. The van der Waals surface area contributed by atoms with Crippen LogP contribution in [0.3, 0.4) is 0 Å². The van der Waals surface area contributed by atoms with Crippen LogP contribution in [0.2, 0.25) is 0 Å². The summed E-state index contributed by atoms with van der Waals surface area (Å²) in [6.07, 6.45) is 1.72. The van der Waals surface area contributed by atoms with E-state index in [1.807, 2.05) is 0 Å². The Morgan fingerprint density at radius 1 is 1.09 bits per heavy atom. The number of aryl methyl sites for hydroxylation is 1. The molecule has 8 heteroatoms. The number of carbonyl (C=O) groups is 1. The van der Waals surface area contributed by atoms with Crippen LogP contribution in [0.15, 0.2) is 40.8 Å². The molecule has 6 rings (SSSR count). The number of amides is 1. The SMILES string of the molecule is Cc1oc2ccc(O)c(CNC3CC4CCC3CC4)c2c1C(=O)Nc1ccc(C(F)(F)F)cc1. The van der Waals surface area contributed by atoms with E-state index in [1.54, 1.807) is 19.1 Å². The highest BCUT2D eigenvalue weighted by atomic mass is 19.4. The number of hydrogen-bond acceptors (Lipinski definition) is 4. The summed E-state index contributed by atoms with van der Waals surface area (Å²) in [6, 6.07) is 7.86. The predicted molar refractivity (Wildman–Crippen MR) is 123 cm³/mol. The second-order valence-electron chi connectivity index (χ2n) is 9.50. The van der Waals surface area contributed by atoms with Crippen molar-refractivity contribution in [2.24, 2.45) is 11.8 Å². The second kappa shape index (κ2) is 8.65. The van der Waals surface area contributed by atoms with Gasteiger partial charge in [-0.3, -0.25) is 4.79 Å². The molecule has 1 atom stereocenters. The van der Waals surface area contributed by atoms with Crippen LogP contribution < -0.4 is 10.6 Å². The van der Waals surface area contributed by atoms with Gasteiger partial charge in [-0.05, 0) is 74.4 Å². The number of benzene rings is 2. The lowest BCUT2D eigenvalue weighted by atomic mass is 9.68. The average Bonchev–Trinajstić information content (AvgIpc) is 3.15. The first kappa shape index (κ1) is 22.8. The number of furan rings is 1. The molecular formula is C26H27F3N2O3. The first-order valence-electron chi connectivity index (χ1n) is 11.7. The highest BCUT2D eigenvalue weighted by molar-refractivity contribution is 6.14. The minimum absolute atomic E-state index is 0.0744. The molecule has 2 aromatic carbocycles. The zero-order valence-corrected chi connectivity index (χ0v) is 18.8. The number of alkyl halides is 3. The molecule has 3 fully saturated rings. The van der Waals surface area contributed by atoms with E-state index in [0.29, 0.717) is 40.8 Å². The summed E-state index contributed by atoms with van der Waals surface area (Å²) < 4.78 is 44.3. The Hall–Kier alpha value is -3.00. The molecule has 3 aliphatic carbocycles. The molecule has 34 heavy (non-hydrogen) atoms. The van der Waals surface area contributed by atoms with E-state index < -0.39 is 17.6 Å². The zero-order valence-electron chi connectivity index (χ0n) is 18.8. The molecule has 3 aliphatic rings. The van der Waals surface area contributed by atoms with E-state index in [-0.39, 0.29) is 17.0 Å². The molecule has 1 unspecified atom stereocenters. The molecular weight excluding hydrogens is 445 g/mol. The van der Waals surface area contributed by atoms with Crippen LogP contribution in [-0.2, 0) is 12.7 Å². The maximum atomic E-state index is 13.2. The van der Waals surface area contributed by atoms with Gasteiger partial charge in [-0.2, -0.15) is 13.2 Å². The molecule has 3 saturated carbocycles. The van der Waals surface area contributed by atoms with Gasteiger partial charge in [0.05, 0.1) is 11.1 Å². The van der Waals surface area contributed by atoms with Crippen LogP contribution in [0.1, 0.15) is 59.3 Å². The lowest BCUT2D eigenvalue weighted by molar-refractivity contribution is -0.137. The molecule has 1 amide bonds. The van der Waals surface area contributed by atoms with E-state index in [4.69, 9.17) is 4.42 Å². The summed E-state index contributed by atoms with van der Waals surface area (Å²) in [5.74, 6) is 1.35. The Labute approximate surface area is 195 Å². The summed E-state index contributed by atoms with van der Waals surface area (Å²) in [6.45, 7) is 2.06. The maximum absolute atomic E-state index is 13.2. The van der Waals surface area contributed by atoms with Gasteiger partial charge in [-0.25, -0.2) is 0 Å². The van der Waals surface area contributed by atoms with E-state index >= 15 is 0 Å². The van der Waals surface area contributed by atoms with Gasteiger partial charge in [0.1, 0.15) is 17.1 Å². The number of rotatable bonds is 5. The predicted octanol–water partition coefficient (Wildman–Crippen LogP) is 6.39. The zero-order chi connectivity index (χ0) is 24.0. The maximum Gasteiger partial charge on any atom is 0.416 e. The van der Waals surface area contributed by atoms with Crippen LogP contribution in [0, 0.1) is 18.8 Å². The topological polar surface area (TPSA) is 74.5 Å². The molecule has 0 spiro atoms. The minimum atomic E-state index is -4.45. The van der Waals surface area contributed by atoms with Gasteiger partial charge in [-0.15, -0.1) is 0 Å². The molecule has 2 bridgehead atoms. The van der Waals surface area contributed by atoms with Crippen molar-refractivity contribution in [3.63, 3.8) is 0 Å². The molecule has 0 radical (unpaired) electrons. The van der Waals surface area contributed by atoms with Crippen molar-refractivity contribution in [3.05, 3.63) is 58.8 Å². The van der Waals surface area contributed by atoms with Crippen LogP contribution in [-0.4, -0.2) is 17.1 Å². The lowest BCUT2D eigenvalue weighted by Crippen LogP contribution is -2.44. The molecule has 0 saturated heterocycles. The fourth-order valence-electron chi connectivity index (χ4n) is 5.62. The third-order valence-corrected chi connectivity index (χ3v) is 7.40. The largest absolute Gasteiger partial charge is 0.508 e. The van der Waals surface area contributed by atoms with Crippen molar-refractivity contribution in [2.75, 3.05) is 5.32 Å². The van der Waals surface area contributed by atoms with Crippen LogP contribution in [0.5, 0.6) is 5.75 Å². The van der Waals surface area contributed by atoms with Gasteiger partial charge in [0.25, 0.3) is 5.91 Å². The number of aromatic hydroxyl groups is 1. The fourth-order valence-corrected chi connectivity index (χ4v) is 5.62. The fraction of sp³-hybridized carbons (Fsp3) is 0.423. The number of carbonyl (C=O) groups excluding carboxylic acids is 1. The van der Waals surface area contributed by atoms with Crippen LogP contribution in [0.4, 0.5) is 18.9 Å². The lowest BCUT2D eigenvalue weighted by Gasteiger charge is -2.42. The second-order valence-corrected chi connectivity index (χ2v) is 9.50. The third-order valence-electron chi connectivity index (χ3n) is 7.40. The van der Waals surface area contributed by atoms with E-state index in [1.165, 1.54) is 37.8 Å². The summed E-state index contributed by atoms with van der Waals surface area (Å²) in [5.41, 5.74) is 0.797. The van der Waals surface area contributed by atoms with Crippen molar-refractivity contribution in [1.29, 1.82) is 0 Å². The molecule has 5 nitrogen and oxygen atoms in total. The van der Waals surface area contributed by atoms with Gasteiger partial charge < -0.3 is 20.2 Å². The highest BCUT2D eigenvalue weighted by Crippen LogP contribution is 2.42. The number of nitrogens with one attached hydrogen (secondary N) is 2. The Bertz CT molecular complexity index is 1210. The quantitative estimate of drug-likeness (QED) is 0.403. The van der Waals surface area contributed by atoms with Crippen molar-refractivity contribution in [3.8, 4) is 5.75 Å². The van der Waals surface area contributed by atoms with E-state index in [9.17, 15) is 23.1 Å². The molecule has 0 aliphatic heterocycles. The molecule has 1 heterocycles. The number of hydrogen-bond donors (Lipinski definition) is 3. The van der Waals surface area contributed by atoms with Gasteiger partial charge in [0.2, 0.25) is 0 Å². The average molecular weight is 473 g/mol. The normalized spacial score (nSPS) is 22.3. The Morgan fingerprint density at radius 2 is 1.79 bits per heavy atom. The van der Waals surface area contributed by atoms with Crippen molar-refractivity contribution < 1.29 is 27.5 Å². The summed E-state index contributed by atoms with van der Waals surface area (Å²) in [5, 5.41) is 17.5. The van der Waals surface area contributed by atoms with Gasteiger partial charge in [0.15, 0.2) is 0 Å². The smallest absolute Gasteiger partial charge is 0.416 e. The molecule has 3 N–H and O–H groups in total. The van der Waals surface area contributed by atoms with Gasteiger partial charge >= 0.3 is 6.18 Å². The number of anilines is 1. The number of phenolic OH excluding ortho intramolecular Hbond substituents is 1. The first-order chi connectivity index (χ1) is 16.2. The van der Waals surface area contributed by atoms with Crippen LogP contribution >= 0.6 is 0 Å². The van der Waals surface area contributed by atoms with Crippen molar-refractivity contribution in [2.45, 2.75) is 57.8 Å². The molecule has 180 valence electrons. The Kier molecular flexibility index (Phi) is 5.80. The number of halogens is 3. The van der Waals surface area contributed by atoms with Gasteiger partial charge in [-0.1, -0.05) is 12.8 Å². The van der Waals surface area contributed by atoms with Gasteiger partial charge in [0, 0.05) is 29.2 Å². The monoisotopic (exact) mass is 472 g/mol. The molecule has 1 aromatic heterocycles. The summed E-state index contributed by atoms with van der Waals surface area (Å²) in [4.78, 5) is 13.2. The Balaban J connectivity index is 1.41. The highest BCUT2D eigenvalue weighted by Gasteiger charge is 2.35. The minimum Gasteiger partial charge on any atom is -0.508 e.